The minimum absolute atomic E-state index is 0.0199. The van der Waals surface area contributed by atoms with Crippen LogP contribution in [0.2, 0.25) is 0 Å². The molecule has 4 heteroatoms. The standard InChI is InChI=1S/C20H25NO3/c1-20(2,3)17-12-14(6-10-18(17)23)7-11-19(24)21-13-15-4-8-16(22)9-5-15/h4-6,8-10,12,22-23H,7,11,13H2,1-3H3,(H,21,24). The highest BCUT2D eigenvalue weighted by molar-refractivity contribution is 5.76. The predicted molar refractivity (Wildman–Crippen MR) is 95.1 cm³/mol. The van der Waals surface area contributed by atoms with Crippen molar-refractivity contribution in [2.45, 2.75) is 45.6 Å². The number of hydrogen-bond acceptors (Lipinski definition) is 3. The topological polar surface area (TPSA) is 69.6 Å². The lowest BCUT2D eigenvalue weighted by molar-refractivity contribution is -0.121. The van der Waals surface area contributed by atoms with Gasteiger partial charge in [-0.1, -0.05) is 45.0 Å². The number of aromatic hydroxyl groups is 2. The molecule has 3 N–H and O–H groups in total. The zero-order chi connectivity index (χ0) is 17.7. The molecule has 0 saturated heterocycles. The van der Waals surface area contributed by atoms with Crippen LogP contribution in [0, 0.1) is 0 Å². The van der Waals surface area contributed by atoms with E-state index < -0.39 is 0 Å². The van der Waals surface area contributed by atoms with Gasteiger partial charge in [0.25, 0.3) is 0 Å². The van der Waals surface area contributed by atoms with E-state index in [1.807, 2.05) is 12.1 Å². The van der Waals surface area contributed by atoms with Crippen LogP contribution in [0.15, 0.2) is 42.5 Å². The summed E-state index contributed by atoms with van der Waals surface area (Å²) in [6, 6.07) is 12.3. The van der Waals surface area contributed by atoms with Crippen molar-refractivity contribution >= 4 is 5.91 Å². The summed E-state index contributed by atoms with van der Waals surface area (Å²) in [7, 11) is 0. The molecule has 0 aliphatic carbocycles. The molecule has 2 rings (SSSR count). The molecule has 0 unspecified atom stereocenters. The summed E-state index contributed by atoms with van der Waals surface area (Å²) in [4.78, 5) is 12.0. The molecule has 2 aromatic carbocycles. The van der Waals surface area contributed by atoms with Gasteiger partial charge in [0, 0.05) is 13.0 Å². The molecule has 4 nitrogen and oxygen atoms in total. The molecular weight excluding hydrogens is 302 g/mol. The number of rotatable bonds is 5. The zero-order valence-corrected chi connectivity index (χ0v) is 14.5. The van der Waals surface area contributed by atoms with Crippen molar-refractivity contribution in [2.75, 3.05) is 0 Å². The van der Waals surface area contributed by atoms with Gasteiger partial charge < -0.3 is 15.5 Å². The van der Waals surface area contributed by atoms with Crippen LogP contribution in [0.5, 0.6) is 11.5 Å². The maximum Gasteiger partial charge on any atom is 0.220 e. The van der Waals surface area contributed by atoms with Crippen LogP contribution in [0.1, 0.15) is 43.9 Å². The average molecular weight is 327 g/mol. The summed E-state index contributed by atoms with van der Waals surface area (Å²) in [5, 5.41) is 22.1. The second kappa shape index (κ2) is 7.39. The van der Waals surface area contributed by atoms with Gasteiger partial charge in [-0.25, -0.2) is 0 Å². The van der Waals surface area contributed by atoms with E-state index in [4.69, 9.17) is 0 Å². The molecule has 0 saturated carbocycles. The fraction of sp³-hybridized carbons (Fsp3) is 0.350. The van der Waals surface area contributed by atoms with Gasteiger partial charge in [-0.05, 0) is 46.7 Å². The van der Waals surface area contributed by atoms with Crippen molar-refractivity contribution in [3.8, 4) is 11.5 Å². The summed E-state index contributed by atoms with van der Waals surface area (Å²) >= 11 is 0. The number of phenolic OH excluding ortho intramolecular Hbond substituents is 2. The van der Waals surface area contributed by atoms with E-state index in [1.165, 1.54) is 0 Å². The van der Waals surface area contributed by atoms with Crippen LogP contribution in [0.3, 0.4) is 0 Å². The maximum absolute atomic E-state index is 12.0. The van der Waals surface area contributed by atoms with Gasteiger partial charge in [0.05, 0.1) is 0 Å². The van der Waals surface area contributed by atoms with Crippen LogP contribution in [-0.4, -0.2) is 16.1 Å². The summed E-state index contributed by atoms with van der Waals surface area (Å²) in [5.74, 6) is 0.489. The van der Waals surface area contributed by atoms with Gasteiger partial charge >= 0.3 is 0 Å². The number of hydrogen-bond donors (Lipinski definition) is 3. The molecule has 0 aliphatic heterocycles. The van der Waals surface area contributed by atoms with Crippen molar-refractivity contribution in [3.05, 3.63) is 59.2 Å². The highest BCUT2D eigenvalue weighted by atomic mass is 16.3. The van der Waals surface area contributed by atoms with Gasteiger partial charge in [0.15, 0.2) is 0 Å². The Kier molecular flexibility index (Phi) is 5.50. The molecular formula is C20H25NO3. The number of amides is 1. The maximum atomic E-state index is 12.0. The molecule has 0 aliphatic rings. The van der Waals surface area contributed by atoms with Crippen LogP contribution in [0.4, 0.5) is 0 Å². The molecule has 0 radical (unpaired) electrons. The molecule has 1 amide bonds. The van der Waals surface area contributed by atoms with E-state index in [0.29, 0.717) is 25.1 Å². The zero-order valence-electron chi connectivity index (χ0n) is 14.5. The fourth-order valence-corrected chi connectivity index (χ4v) is 2.50. The van der Waals surface area contributed by atoms with Crippen molar-refractivity contribution in [1.29, 1.82) is 0 Å². The Hall–Kier alpha value is -2.49. The van der Waals surface area contributed by atoms with Gasteiger partial charge in [-0.2, -0.15) is 0 Å². The van der Waals surface area contributed by atoms with E-state index in [-0.39, 0.29) is 17.1 Å². The van der Waals surface area contributed by atoms with Gasteiger partial charge in [-0.3, -0.25) is 4.79 Å². The van der Waals surface area contributed by atoms with E-state index in [0.717, 1.165) is 16.7 Å². The largest absolute Gasteiger partial charge is 0.508 e. The SMILES string of the molecule is CC(C)(C)c1cc(CCC(=O)NCc2ccc(O)cc2)ccc1O. The smallest absolute Gasteiger partial charge is 0.220 e. The molecule has 128 valence electrons. The number of carbonyl (C=O) groups is 1. The van der Waals surface area contributed by atoms with Crippen molar-refractivity contribution in [1.82, 2.24) is 5.32 Å². The molecule has 0 aromatic heterocycles. The lowest BCUT2D eigenvalue weighted by Crippen LogP contribution is -2.23. The molecule has 0 atom stereocenters. The van der Waals surface area contributed by atoms with E-state index in [9.17, 15) is 15.0 Å². The predicted octanol–water partition coefficient (Wildman–Crippen LogP) is 3.64. The Morgan fingerprint density at radius 3 is 2.25 bits per heavy atom. The minimum atomic E-state index is -0.138. The lowest BCUT2D eigenvalue weighted by atomic mass is 9.85. The van der Waals surface area contributed by atoms with Gasteiger partial charge in [-0.15, -0.1) is 0 Å². The first-order chi connectivity index (χ1) is 11.3. The number of carbonyl (C=O) groups excluding carboxylic acids is 1. The van der Waals surface area contributed by atoms with Crippen molar-refractivity contribution < 1.29 is 15.0 Å². The summed E-state index contributed by atoms with van der Waals surface area (Å²) in [5.41, 5.74) is 2.74. The summed E-state index contributed by atoms with van der Waals surface area (Å²) in [6.45, 7) is 6.60. The van der Waals surface area contributed by atoms with E-state index >= 15 is 0 Å². The molecule has 24 heavy (non-hydrogen) atoms. The first-order valence-electron chi connectivity index (χ1n) is 8.12. The second-order valence-corrected chi connectivity index (χ2v) is 7.04. The summed E-state index contributed by atoms with van der Waals surface area (Å²) in [6.07, 6.45) is 1.03. The van der Waals surface area contributed by atoms with Crippen LogP contribution in [-0.2, 0) is 23.2 Å². The molecule has 0 bridgehead atoms. The first kappa shape index (κ1) is 17.9. The monoisotopic (exact) mass is 327 g/mol. The van der Waals surface area contributed by atoms with Crippen LogP contribution < -0.4 is 5.32 Å². The normalized spacial score (nSPS) is 11.3. The highest BCUT2D eigenvalue weighted by Gasteiger charge is 2.18. The minimum Gasteiger partial charge on any atom is -0.508 e. The Morgan fingerprint density at radius 1 is 1.00 bits per heavy atom. The quantitative estimate of drug-likeness (QED) is 0.785. The van der Waals surface area contributed by atoms with E-state index in [1.54, 1.807) is 30.3 Å². The van der Waals surface area contributed by atoms with Gasteiger partial charge in [0.2, 0.25) is 5.91 Å². The molecule has 2 aromatic rings. The Labute approximate surface area is 143 Å². The Bertz CT molecular complexity index is 700. The fourth-order valence-electron chi connectivity index (χ4n) is 2.50. The third-order valence-electron chi connectivity index (χ3n) is 3.94. The van der Waals surface area contributed by atoms with Crippen molar-refractivity contribution in [2.24, 2.45) is 0 Å². The molecule has 0 fully saturated rings. The highest BCUT2D eigenvalue weighted by Crippen LogP contribution is 2.31. The molecule has 0 heterocycles. The third-order valence-corrected chi connectivity index (χ3v) is 3.94. The third kappa shape index (κ3) is 5.01. The molecule has 0 spiro atoms. The Balaban J connectivity index is 1.88. The second-order valence-electron chi connectivity index (χ2n) is 7.04. The van der Waals surface area contributed by atoms with Crippen molar-refractivity contribution in [3.63, 3.8) is 0 Å². The number of nitrogens with one attached hydrogen (secondary N) is 1. The number of phenols is 2. The first-order valence-corrected chi connectivity index (χ1v) is 8.12. The number of aryl methyl sites for hydroxylation is 1. The Morgan fingerprint density at radius 2 is 1.62 bits per heavy atom. The van der Waals surface area contributed by atoms with Crippen LogP contribution in [0.25, 0.3) is 0 Å². The van der Waals surface area contributed by atoms with Crippen LogP contribution >= 0.6 is 0 Å². The lowest BCUT2D eigenvalue weighted by Gasteiger charge is -2.21. The summed E-state index contributed by atoms with van der Waals surface area (Å²) < 4.78 is 0. The average Bonchev–Trinajstić information content (AvgIpc) is 2.52. The van der Waals surface area contributed by atoms with E-state index in [2.05, 4.69) is 26.1 Å². The number of benzene rings is 2. The van der Waals surface area contributed by atoms with Gasteiger partial charge in [0.1, 0.15) is 11.5 Å².